The molecule has 0 amide bonds. The summed E-state index contributed by atoms with van der Waals surface area (Å²) in [5.74, 6) is 0. The van der Waals surface area contributed by atoms with Gasteiger partial charge in [-0.1, -0.05) is 24.3 Å². The molecule has 0 bridgehead atoms. The van der Waals surface area contributed by atoms with Crippen LogP contribution in [-0.4, -0.2) is 25.6 Å². The fourth-order valence-corrected chi connectivity index (χ4v) is 4.08. The summed E-state index contributed by atoms with van der Waals surface area (Å²) >= 11 is 5.65. The number of pyridine rings is 1. The van der Waals surface area contributed by atoms with Gasteiger partial charge >= 0.3 is 0 Å². The zero-order valence-electron chi connectivity index (χ0n) is 14.9. The third kappa shape index (κ3) is 2.99. The van der Waals surface area contributed by atoms with Gasteiger partial charge in [-0.3, -0.25) is 4.98 Å². The molecule has 0 saturated carbocycles. The molecule has 132 valence electrons. The first-order valence-corrected chi connectivity index (χ1v) is 9.29. The smallest absolute Gasteiger partial charge is 0.170 e. The molecule has 1 N–H and O–H groups in total. The SMILES string of the molecule is CC(C)N1C(=S)NC(c2ccccn2)C1c1ccn(-c2ccccc2)c1. The molecule has 5 heteroatoms. The van der Waals surface area contributed by atoms with Crippen LogP contribution in [0, 0.1) is 0 Å². The number of nitrogens with zero attached hydrogens (tertiary/aromatic N) is 3. The zero-order valence-corrected chi connectivity index (χ0v) is 15.7. The van der Waals surface area contributed by atoms with Crippen LogP contribution in [0.5, 0.6) is 0 Å². The van der Waals surface area contributed by atoms with Crippen molar-refractivity contribution in [3.63, 3.8) is 0 Å². The quantitative estimate of drug-likeness (QED) is 0.703. The summed E-state index contributed by atoms with van der Waals surface area (Å²) in [6.45, 7) is 4.35. The maximum Gasteiger partial charge on any atom is 0.170 e. The van der Waals surface area contributed by atoms with Gasteiger partial charge in [0.15, 0.2) is 5.11 Å². The second-order valence-electron chi connectivity index (χ2n) is 6.82. The maximum absolute atomic E-state index is 5.65. The lowest BCUT2D eigenvalue weighted by atomic mass is 9.98. The standard InChI is InChI=1S/C21H22N4S/c1-15(2)25-20(19(23-21(25)26)18-10-6-7-12-22-18)16-11-13-24(14-16)17-8-4-3-5-9-17/h3-15,19-20H,1-2H3,(H,23,26). The van der Waals surface area contributed by atoms with Gasteiger partial charge in [-0.15, -0.1) is 0 Å². The van der Waals surface area contributed by atoms with Crippen LogP contribution in [0.1, 0.15) is 37.2 Å². The minimum Gasteiger partial charge on any atom is -0.352 e. The highest BCUT2D eigenvalue weighted by atomic mass is 32.1. The van der Waals surface area contributed by atoms with Crippen molar-refractivity contribution in [3.8, 4) is 5.69 Å². The van der Waals surface area contributed by atoms with Gasteiger partial charge in [0.2, 0.25) is 0 Å². The van der Waals surface area contributed by atoms with Crippen LogP contribution in [0.4, 0.5) is 0 Å². The highest BCUT2D eigenvalue weighted by Gasteiger charge is 2.41. The van der Waals surface area contributed by atoms with Crippen molar-refractivity contribution in [1.82, 2.24) is 19.8 Å². The minimum atomic E-state index is 0.0396. The molecule has 1 aliphatic rings. The van der Waals surface area contributed by atoms with Crippen LogP contribution in [0.3, 0.4) is 0 Å². The summed E-state index contributed by atoms with van der Waals surface area (Å²) in [7, 11) is 0. The zero-order chi connectivity index (χ0) is 18.1. The Morgan fingerprint density at radius 2 is 1.81 bits per heavy atom. The molecule has 2 unspecified atom stereocenters. The second-order valence-corrected chi connectivity index (χ2v) is 7.20. The van der Waals surface area contributed by atoms with Crippen molar-refractivity contribution in [2.75, 3.05) is 0 Å². The number of hydrogen-bond donors (Lipinski definition) is 1. The maximum atomic E-state index is 5.65. The Kier molecular flexibility index (Phi) is 4.47. The normalized spacial score (nSPS) is 19.8. The highest BCUT2D eigenvalue weighted by molar-refractivity contribution is 7.80. The van der Waals surface area contributed by atoms with Crippen LogP contribution < -0.4 is 5.32 Å². The average molecular weight is 363 g/mol. The van der Waals surface area contributed by atoms with Crippen LogP contribution >= 0.6 is 12.2 Å². The van der Waals surface area contributed by atoms with Gasteiger partial charge in [-0.05, 0) is 62.0 Å². The van der Waals surface area contributed by atoms with Crippen LogP contribution in [-0.2, 0) is 0 Å². The third-order valence-corrected chi connectivity index (χ3v) is 5.13. The van der Waals surface area contributed by atoms with Gasteiger partial charge < -0.3 is 14.8 Å². The van der Waals surface area contributed by atoms with Crippen LogP contribution in [0.15, 0.2) is 73.2 Å². The van der Waals surface area contributed by atoms with Gasteiger partial charge in [0.05, 0.1) is 17.8 Å². The summed E-state index contributed by atoms with van der Waals surface area (Å²) in [5, 5.41) is 4.27. The average Bonchev–Trinajstić information content (AvgIpc) is 3.27. The van der Waals surface area contributed by atoms with E-state index in [1.807, 2.05) is 24.4 Å². The molecule has 3 aromatic rings. The molecule has 1 aromatic carbocycles. The lowest BCUT2D eigenvalue weighted by Gasteiger charge is -2.30. The molecule has 1 aliphatic heterocycles. The van der Waals surface area contributed by atoms with E-state index >= 15 is 0 Å². The minimum absolute atomic E-state index is 0.0396. The van der Waals surface area contributed by atoms with E-state index in [9.17, 15) is 0 Å². The fraction of sp³-hybridized carbons (Fsp3) is 0.238. The van der Waals surface area contributed by atoms with E-state index in [1.165, 1.54) is 5.56 Å². The largest absolute Gasteiger partial charge is 0.352 e. The molecule has 3 heterocycles. The fourth-order valence-electron chi connectivity index (χ4n) is 3.63. The Labute approximate surface area is 159 Å². The molecule has 2 atom stereocenters. The lowest BCUT2D eigenvalue weighted by molar-refractivity contribution is 0.269. The Morgan fingerprint density at radius 3 is 2.50 bits per heavy atom. The number of aromatic nitrogens is 2. The Balaban J connectivity index is 1.75. The number of para-hydroxylation sites is 1. The predicted octanol–water partition coefficient (Wildman–Crippen LogP) is 4.25. The molecular formula is C21H22N4S. The van der Waals surface area contributed by atoms with E-state index in [1.54, 1.807) is 0 Å². The highest BCUT2D eigenvalue weighted by Crippen LogP contribution is 2.40. The molecule has 1 saturated heterocycles. The number of nitrogens with one attached hydrogen (secondary N) is 1. The van der Waals surface area contributed by atoms with Crippen molar-refractivity contribution in [2.45, 2.75) is 32.0 Å². The van der Waals surface area contributed by atoms with E-state index in [0.29, 0.717) is 6.04 Å². The van der Waals surface area contributed by atoms with Crippen molar-refractivity contribution in [2.24, 2.45) is 0 Å². The van der Waals surface area contributed by atoms with Crippen LogP contribution in [0.25, 0.3) is 5.69 Å². The summed E-state index contributed by atoms with van der Waals surface area (Å²) in [4.78, 5) is 6.85. The van der Waals surface area contributed by atoms with Crippen molar-refractivity contribution >= 4 is 17.3 Å². The molecule has 4 nitrogen and oxygen atoms in total. The number of benzene rings is 1. The topological polar surface area (TPSA) is 33.1 Å². The first kappa shape index (κ1) is 16.8. The Hall–Kier alpha value is -2.66. The van der Waals surface area contributed by atoms with E-state index < -0.39 is 0 Å². The predicted molar refractivity (Wildman–Crippen MR) is 108 cm³/mol. The first-order valence-electron chi connectivity index (χ1n) is 8.88. The molecule has 1 fully saturated rings. The van der Waals surface area contributed by atoms with Crippen molar-refractivity contribution < 1.29 is 0 Å². The van der Waals surface area contributed by atoms with Crippen LogP contribution in [0.2, 0.25) is 0 Å². The van der Waals surface area contributed by atoms with Crippen molar-refractivity contribution in [3.05, 3.63) is 84.4 Å². The van der Waals surface area contributed by atoms with Gasteiger partial charge in [0, 0.05) is 30.3 Å². The lowest BCUT2D eigenvalue weighted by Crippen LogP contribution is -2.35. The summed E-state index contributed by atoms with van der Waals surface area (Å²) in [6.07, 6.45) is 6.14. The molecular weight excluding hydrogens is 340 g/mol. The monoisotopic (exact) mass is 362 g/mol. The van der Waals surface area contributed by atoms with E-state index in [0.717, 1.165) is 16.5 Å². The Bertz CT molecular complexity index is 889. The summed E-state index contributed by atoms with van der Waals surface area (Å²) < 4.78 is 2.16. The molecule has 0 aliphatic carbocycles. The second kappa shape index (κ2) is 6.92. The van der Waals surface area contributed by atoms with Gasteiger partial charge in [-0.25, -0.2) is 0 Å². The first-order chi connectivity index (χ1) is 12.6. The number of hydrogen-bond acceptors (Lipinski definition) is 2. The molecule has 0 radical (unpaired) electrons. The number of thiocarbonyl (C=S) groups is 1. The van der Waals surface area contributed by atoms with Gasteiger partial charge in [-0.2, -0.15) is 0 Å². The Morgan fingerprint density at radius 1 is 1.04 bits per heavy atom. The summed E-state index contributed by atoms with van der Waals surface area (Å²) in [6, 6.07) is 19.0. The molecule has 26 heavy (non-hydrogen) atoms. The number of rotatable bonds is 4. The van der Waals surface area contributed by atoms with E-state index in [2.05, 4.69) is 82.4 Å². The van der Waals surface area contributed by atoms with E-state index in [-0.39, 0.29) is 12.1 Å². The van der Waals surface area contributed by atoms with Gasteiger partial charge in [0.1, 0.15) is 0 Å². The van der Waals surface area contributed by atoms with Gasteiger partial charge in [0.25, 0.3) is 0 Å². The molecule has 4 rings (SSSR count). The third-order valence-electron chi connectivity index (χ3n) is 4.80. The van der Waals surface area contributed by atoms with E-state index in [4.69, 9.17) is 12.2 Å². The molecule has 0 spiro atoms. The molecule has 2 aromatic heterocycles. The van der Waals surface area contributed by atoms with Crippen molar-refractivity contribution in [1.29, 1.82) is 0 Å². The summed E-state index contributed by atoms with van der Waals surface area (Å²) in [5.41, 5.74) is 3.39.